The molecule has 0 unspecified atom stereocenters. The van der Waals surface area contributed by atoms with Gasteiger partial charge in [0.1, 0.15) is 18.4 Å². The van der Waals surface area contributed by atoms with Crippen molar-refractivity contribution in [2.24, 2.45) is 7.05 Å². The first-order valence-corrected chi connectivity index (χ1v) is 11.0. The summed E-state index contributed by atoms with van der Waals surface area (Å²) in [4.78, 5) is 0. The maximum atomic E-state index is 6.91. The molecule has 2 aliphatic rings. The zero-order chi connectivity index (χ0) is 19.8. The van der Waals surface area contributed by atoms with Crippen LogP contribution in [0, 0.1) is 6.92 Å². The van der Waals surface area contributed by atoms with Gasteiger partial charge in [0.05, 0.1) is 5.56 Å². The van der Waals surface area contributed by atoms with Gasteiger partial charge in [-0.1, -0.05) is 48.9 Å². The Balaban J connectivity index is 1.64. The molecule has 2 aromatic carbocycles. The summed E-state index contributed by atoms with van der Waals surface area (Å²) in [5.41, 5.74) is 7.72. The maximum absolute atomic E-state index is 6.91. The Morgan fingerprint density at radius 2 is 1.66 bits per heavy atom. The summed E-state index contributed by atoms with van der Waals surface area (Å²) in [6.07, 6.45) is 10.8. The predicted molar refractivity (Wildman–Crippen MR) is 118 cm³/mol. The molecule has 0 N–H and O–H groups in total. The van der Waals surface area contributed by atoms with Gasteiger partial charge in [0.15, 0.2) is 6.20 Å². The highest BCUT2D eigenvalue weighted by Gasteiger charge is 2.39. The molecule has 1 fully saturated rings. The topological polar surface area (TPSA) is 13.1 Å². The number of benzene rings is 2. The number of hydrogen-bond donors (Lipinski definition) is 0. The van der Waals surface area contributed by atoms with E-state index in [1.807, 2.05) is 0 Å². The maximum Gasteiger partial charge on any atom is 0.216 e. The summed E-state index contributed by atoms with van der Waals surface area (Å²) < 4.78 is 9.15. The second-order valence-electron chi connectivity index (χ2n) is 8.87. The molecule has 1 aliphatic heterocycles. The summed E-state index contributed by atoms with van der Waals surface area (Å²) in [5.74, 6) is 1.14. The van der Waals surface area contributed by atoms with Crippen molar-refractivity contribution in [2.45, 2.75) is 57.5 Å². The van der Waals surface area contributed by atoms with Crippen LogP contribution in [0.1, 0.15) is 49.7 Å². The molecule has 2 heterocycles. The number of nitrogens with zero attached hydrogens (tertiary/aromatic N) is 1. The number of aryl methyl sites for hydroxylation is 3. The summed E-state index contributed by atoms with van der Waals surface area (Å²) in [6.45, 7) is 2.22. The predicted octanol–water partition coefficient (Wildman–Crippen LogP) is 6.18. The number of hydrogen-bond acceptors (Lipinski definition) is 1. The van der Waals surface area contributed by atoms with Gasteiger partial charge in [-0.2, -0.15) is 0 Å². The molecule has 3 aromatic rings. The Hall–Kier alpha value is -2.61. The molecular formula is C27H30NO+. The van der Waals surface area contributed by atoms with Gasteiger partial charge < -0.3 is 4.74 Å². The summed E-state index contributed by atoms with van der Waals surface area (Å²) >= 11 is 0. The average molecular weight is 385 g/mol. The SMILES string of the molecule is Cc1ccc2c(c1-c1cc(-c3ccccc3)cc[n+]1C)OC1(CCCCC1)CC2. The summed E-state index contributed by atoms with van der Waals surface area (Å²) in [7, 11) is 2.14. The van der Waals surface area contributed by atoms with Gasteiger partial charge in [-0.05, 0) is 67.7 Å². The van der Waals surface area contributed by atoms with Gasteiger partial charge >= 0.3 is 0 Å². The largest absolute Gasteiger partial charge is 0.486 e. The van der Waals surface area contributed by atoms with E-state index in [9.17, 15) is 0 Å². The smallest absolute Gasteiger partial charge is 0.216 e. The summed E-state index contributed by atoms with van der Waals surface area (Å²) in [5, 5.41) is 0. The van der Waals surface area contributed by atoms with Crippen molar-refractivity contribution in [2.75, 3.05) is 0 Å². The van der Waals surface area contributed by atoms with E-state index >= 15 is 0 Å². The van der Waals surface area contributed by atoms with Crippen molar-refractivity contribution in [3.63, 3.8) is 0 Å². The summed E-state index contributed by atoms with van der Waals surface area (Å²) in [6, 6.07) is 19.7. The molecule has 1 saturated carbocycles. The number of pyridine rings is 1. The molecule has 0 radical (unpaired) electrons. The molecule has 5 rings (SSSR count). The lowest BCUT2D eigenvalue weighted by molar-refractivity contribution is -0.660. The molecule has 1 aromatic heterocycles. The minimum Gasteiger partial charge on any atom is -0.486 e. The van der Waals surface area contributed by atoms with E-state index in [1.54, 1.807) is 0 Å². The fourth-order valence-corrected chi connectivity index (χ4v) is 5.16. The van der Waals surface area contributed by atoms with Gasteiger partial charge in [0, 0.05) is 12.1 Å². The number of ether oxygens (including phenoxy) is 1. The average Bonchev–Trinajstić information content (AvgIpc) is 2.76. The van der Waals surface area contributed by atoms with Gasteiger partial charge in [0.2, 0.25) is 5.69 Å². The molecule has 1 aliphatic carbocycles. The van der Waals surface area contributed by atoms with Crippen molar-refractivity contribution in [3.05, 3.63) is 71.9 Å². The van der Waals surface area contributed by atoms with E-state index in [-0.39, 0.29) is 5.60 Å². The van der Waals surface area contributed by atoms with Crippen LogP contribution >= 0.6 is 0 Å². The first-order valence-electron chi connectivity index (χ1n) is 11.0. The van der Waals surface area contributed by atoms with Crippen LogP contribution in [-0.4, -0.2) is 5.60 Å². The second kappa shape index (κ2) is 7.33. The van der Waals surface area contributed by atoms with E-state index < -0.39 is 0 Å². The van der Waals surface area contributed by atoms with E-state index in [2.05, 4.69) is 79.3 Å². The number of aromatic nitrogens is 1. The van der Waals surface area contributed by atoms with Gasteiger partial charge in [-0.15, -0.1) is 0 Å². The molecular weight excluding hydrogens is 354 g/mol. The van der Waals surface area contributed by atoms with Crippen LogP contribution in [0.4, 0.5) is 0 Å². The Kier molecular flexibility index (Phi) is 4.66. The minimum absolute atomic E-state index is 0.0589. The molecule has 148 valence electrons. The van der Waals surface area contributed by atoms with Crippen LogP contribution in [0.25, 0.3) is 22.4 Å². The first-order chi connectivity index (χ1) is 14.2. The van der Waals surface area contributed by atoms with Gasteiger partial charge in [-0.25, -0.2) is 4.57 Å². The van der Waals surface area contributed by atoms with Crippen molar-refractivity contribution in [3.8, 4) is 28.1 Å². The fraction of sp³-hybridized carbons (Fsp3) is 0.370. The quantitative estimate of drug-likeness (QED) is 0.481. The third-order valence-corrected chi connectivity index (χ3v) is 6.89. The molecule has 2 heteroatoms. The third kappa shape index (κ3) is 3.35. The standard InChI is InChI=1S/C27H30NO/c1-20-11-12-22-13-17-27(15-7-4-8-16-27)29-26(22)25(20)24-19-23(14-18-28(24)2)21-9-5-3-6-10-21/h3,5-6,9-12,14,18-19H,4,7-8,13,15-17H2,1-2H3/q+1. The zero-order valence-corrected chi connectivity index (χ0v) is 17.6. The second-order valence-corrected chi connectivity index (χ2v) is 8.87. The highest BCUT2D eigenvalue weighted by Crippen LogP contribution is 2.46. The van der Waals surface area contributed by atoms with Crippen LogP contribution in [0.3, 0.4) is 0 Å². The lowest BCUT2D eigenvalue weighted by Crippen LogP contribution is -2.42. The van der Waals surface area contributed by atoms with Crippen molar-refractivity contribution in [1.82, 2.24) is 0 Å². The van der Waals surface area contributed by atoms with E-state index in [4.69, 9.17) is 4.74 Å². The molecule has 0 amide bonds. The molecule has 0 saturated heterocycles. The third-order valence-electron chi connectivity index (χ3n) is 6.89. The Bertz CT molecular complexity index is 1030. The molecule has 0 bridgehead atoms. The van der Waals surface area contributed by atoms with Crippen molar-refractivity contribution < 1.29 is 9.30 Å². The normalized spacial score (nSPS) is 17.6. The molecule has 0 atom stereocenters. The molecule has 2 nitrogen and oxygen atoms in total. The minimum atomic E-state index is 0.0589. The highest BCUT2D eigenvalue weighted by molar-refractivity contribution is 5.75. The van der Waals surface area contributed by atoms with Crippen LogP contribution in [0.5, 0.6) is 5.75 Å². The van der Waals surface area contributed by atoms with Gasteiger partial charge in [-0.3, -0.25) is 0 Å². The number of fused-ring (bicyclic) bond motifs is 1. The molecule has 29 heavy (non-hydrogen) atoms. The van der Waals surface area contributed by atoms with E-state index in [1.165, 1.54) is 72.0 Å². The number of rotatable bonds is 2. The fourth-order valence-electron chi connectivity index (χ4n) is 5.16. The Morgan fingerprint density at radius 1 is 0.862 bits per heavy atom. The van der Waals surface area contributed by atoms with Gasteiger partial charge in [0.25, 0.3) is 0 Å². The van der Waals surface area contributed by atoms with Crippen LogP contribution < -0.4 is 9.30 Å². The Morgan fingerprint density at radius 3 is 2.45 bits per heavy atom. The van der Waals surface area contributed by atoms with Crippen molar-refractivity contribution in [1.29, 1.82) is 0 Å². The lowest BCUT2D eigenvalue weighted by atomic mass is 9.78. The monoisotopic (exact) mass is 384 g/mol. The van der Waals surface area contributed by atoms with Crippen molar-refractivity contribution >= 4 is 0 Å². The van der Waals surface area contributed by atoms with Crippen LogP contribution in [0.2, 0.25) is 0 Å². The highest BCUT2D eigenvalue weighted by atomic mass is 16.5. The lowest BCUT2D eigenvalue weighted by Gasteiger charge is -2.42. The van der Waals surface area contributed by atoms with E-state index in [0.717, 1.165) is 12.2 Å². The Labute approximate surface area is 174 Å². The van der Waals surface area contributed by atoms with Crippen LogP contribution in [-0.2, 0) is 13.5 Å². The first kappa shape index (κ1) is 18.4. The zero-order valence-electron chi connectivity index (χ0n) is 17.6. The van der Waals surface area contributed by atoms with E-state index in [0.29, 0.717) is 0 Å². The van der Waals surface area contributed by atoms with Crippen LogP contribution in [0.15, 0.2) is 60.8 Å². The molecule has 1 spiro atoms.